The molecule has 0 radical (unpaired) electrons. The van der Waals surface area contributed by atoms with Crippen molar-refractivity contribution in [1.82, 2.24) is 5.32 Å². The van der Waals surface area contributed by atoms with E-state index in [-0.39, 0.29) is 11.3 Å². The lowest BCUT2D eigenvalue weighted by Crippen LogP contribution is -2.44. The van der Waals surface area contributed by atoms with Crippen LogP contribution in [-0.4, -0.2) is 37.6 Å². The number of benzene rings is 2. The number of carbonyl (C=O) groups excluding carboxylic acids is 1. The number of carbonyl (C=O) groups is 1. The number of allylic oxidation sites excluding steroid dienone is 1. The maximum Gasteiger partial charge on any atom is 0.187 e. The van der Waals surface area contributed by atoms with Gasteiger partial charge in [-0.15, -0.1) is 0 Å². The molecule has 0 saturated carbocycles. The third-order valence-corrected chi connectivity index (χ3v) is 5.20. The minimum Gasteiger partial charge on any atom is -0.379 e. The summed E-state index contributed by atoms with van der Waals surface area (Å²) in [5.41, 5.74) is 5.13. The van der Waals surface area contributed by atoms with Crippen molar-refractivity contribution in [3.63, 3.8) is 0 Å². The first kappa shape index (κ1) is 17.8. The molecule has 0 amide bonds. The van der Waals surface area contributed by atoms with Gasteiger partial charge in [0, 0.05) is 47.2 Å². The zero-order valence-corrected chi connectivity index (χ0v) is 16.0. The summed E-state index contributed by atoms with van der Waals surface area (Å²) in [5.74, 6) is 0.0264. The van der Waals surface area contributed by atoms with Crippen LogP contribution in [0.15, 0.2) is 54.6 Å². The largest absolute Gasteiger partial charge is 0.379 e. The van der Waals surface area contributed by atoms with Gasteiger partial charge in [0.05, 0.1) is 13.2 Å². The van der Waals surface area contributed by atoms with Crippen molar-refractivity contribution in [3.05, 3.63) is 71.3 Å². The molecule has 2 heterocycles. The first-order valence-electron chi connectivity index (χ1n) is 9.57. The Hall–Kier alpha value is -2.59. The molecule has 0 aliphatic carbocycles. The fourth-order valence-electron chi connectivity index (χ4n) is 3.87. The number of nitrogens with one attached hydrogen (secondary N) is 1. The summed E-state index contributed by atoms with van der Waals surface area (Å²) in [6, 6.07) is 16.1. The van der Waals surface area contributed by atoms with Crippen LogP contribution < -0.4 is 10.2 Å². The molecule has 1 saturated heterocycles. The highest BCUT2D eigenvalue weighted by Crippen LogP contribution is 2.33. The second kappa shape index (κ2) is 7.20. The number of ether oxygens (including phenoxy) is 1. The van der Waals surface area contributed by atoms with Gasteiger partial charge < -0.3 is 15.0 Å². The molecule has 0 unspecified atom stereocenters. The predicted molar refractivity (Wildman–Crippen MR) is 109 cm³/mol. The second-order valence-corrected chi connectivity index (χ2v) is 7.91. The van der Waals surface area contributed by atoms with Crippen LogP contribution in [0.2, 0.25) is 0 Å². The molecule has 0 bridgehead atoms. The summed E-state index contributed by atoms with van der Waals surface area (Å²) in [6.07, 6.45) is 2.68. The monoisotopic (exact) mass is 362 g/mol. The minimum absolute atomic E-state index is 0.0264. The summed E-state index contributed by atoms with van der Waals surface area (Å²) < 4.78 is 5.47. The van der Waals surface area contributed by atoms with Crippen LogP contribution in [0, 0.1) is 0 Å². The van der Waals surface area contributed by atoms with Gasteiger partial charge in [0.1, 0.15) is 0 Å². The van der Waals surface area contributed by atoms with Crippen molar-refractivity contribution in [3.8, 4) is 0 Å². The van der Waals surface area contributed by atoms with E-state index in [9.17, 15) is 4.79 Å². The van der Waals surface area contributed by atoms with Gasteiger partial charge in [-0.25, -0.2) is 0 Å². The number of hydrogen-bond donors (Lipinski definition) is 1. The van der Waals surface area contributed by atoms with E-state index in [1.807, 2.05) is 30.3 Å². The molecule has 2 aliphatic rings. The Morgan fingerprint density at radius 2 is 1.85 bits per heavy atom. The van der Waals surface area contributed by atoms with E-state index in [1.165, 1.54) is 11.3 Å². The van der Waals surface area contributed by atoms with Gasteiger partial charge in [-0.2, -0.15) is 0 Å². The first-order chi connectivity index (χ1) is 13.0. The van der Waals surface area contributed by atoms with E-state index in [1.54, 1.807) is 6.08 Å². The van der Waals surface area contributed by atoms with Crippen LogP contribution in [0.25, 0.3) is 5.70 Å². The Labute approximate surface area is 160 Å². The highest BCUT2D eigenvalue weighted by molar-refractivity contribution is 6.08. The molecule has 1 fully saturated rings. The highest BCUT2D eigenvalue weighted by atomic mass is 16.5. The summed E-state index contributed by atoms with van der Waals surface area (Å²) in [4.78, 5) is 15.1. The molecular weight excluding hydrogens is 336 g/mol. The van der Waals surface area contributed by atoms with Gasteiger partial charge in [-0.1, -0.05) is 36.4 Å². The van der Waals surface area contributed by atoms with Crippen LogP contribution in [0.3, 0.4) is 0 Å². The van der Waals surface area contributed by atoms with Gasteiger partial charge in [0.15, 0.2) is 5.78 Å². The standard InChI is InChI=1S/C23H26N2O2/c1-23(2)16-18-8-9-19(25-10-12-27-13-11-25)14-20(18)21(24-23)15-22(26)17-6-4-3-5-7-17/h3-9,14-15,24H,10-13,16H2,1-2H3/b21-15-. The van der Waals surface area contributed by atoms with E-state index < -0.39 is 0 Å². The topological polar surface area (TPSA) is 41.6 Å². The molecule has 0 aromatic heterocycles. The highest BCUT2D eigenvalue weighted by Gasteiger charge is 2.28. The van der Waals surface area contributed by atoms with E-state index in [2.05, 4.69) is 42.3 Å². The summed E-state index contributed by atoms with van der Waals surface area (Å²) in [7, 11) is 0. The van der Waals surface area contributed by atoms with Gasteiger partial charge >= 0.3 is 0 Å². The molecule has 4 nitrogen and oxygen atoms in total. The van der Waals surface area contributed by atoms with Gasteiger partial charge in [-0.05, 0) is 38.0 Å². The molecule has 2 aromatic rings. The lowest BCUT2D eigenvalue weighted by Gasteiger charge is -2.37. The van der Waals surface area contributed by atoms with Gasteiger partial charge in [0.25, 0.3) is 0 Å². The minimum atomic E-state index is -0.0870. The SMILES string of the molecule is CC1(C)Cc2ccc(N3CCOCC3)cc2/C(=C/C(=O)c2ccccc2)N1. The Morgan fingerprint density at radius 3 is 2.59 bits per heavy atom. The zero-order valence-electron chi connectivity index (χ0n) is 16.0. The Balaban J connectivity index is 1.72. The lowest BCUT2D eigenvalue weighted by molar-refractivity contribution is 0.104. The number of ketones is 1. The van der Waals surface area contributed by atoms with Crippen molar-refractivity contribution in [2.45, 2.75) is 25.8 Å². The molecule has 4 rings (SSSR count). The second-order valence-electron chi connectivity index (χ2n) is 7.91. The first-order valence-corrected chi connectivity index (χ1v) is 9.57. The predicted octanol–water partition coefficient (Wildman–Crippen LogP) is 3.67. The number of anilines is 1. The molecule has 2 aliphatic heterocycles. The Bertz CT molecular complexity index is 865. The van der Waals surface area contributed by atoms with E-state index in [4.69, 9.17) is 4.74 Å². The number of rotatable bonds is 3. The van der Waals surface area contributed by atoms with Crippen molar-refractivity contribution >= 4 is 17.2 Å². The number of nitrogens with zero attached hydrogens (tertiary/aromatic N) is 1. The number of morpholine rings is 1. The Morgan fingerprint density at radius 1 is 1.11 bits per heavy atom. The number of fused-ring (bicyclic) bond motifs is 1. The fraction of sp³-hybridized carbons (Fsp3) is 0.348. The van der Waals surface area contributed by atoms with Gasteiger partial charge in [0.2, 0.25) is 0 Å². The molecule has 27 heavy (non-hydrogen) atoms. The molecule has 1 N–H and O–H groups in total. The van der Waals surface area contributed by atoms with Crippen LogP contribution >= 0.6 is 0 Å². The van der Waals surface area contributed by atoms with E-state index >= 15 is 0 Å². The average Bonchev–Trinajstić information content (AvgIpc) is 2.68. The fourth-order valence-corrected chi connectivity index (χ4v) is 3.87. The van der Waals surface area contributed by atoms with Crippen molar-refractivity contribution in [2.24, 2.45) is 0 Å². The van der Waals surface area contributed by atoms with Gasteiger partial charge in [-0.3, -0.25) is 4.79 Å². The van der Waals surface area contributed by atoms with Crippen molar-refractivity contribution < 1.29 is 9.53 Å². The average molecular weight is 362 g/mol. The van der Waals surface area contributed by atoms with Crippen LogP contribution in [0.4, 0.5) is 5.69 Å². The van der Waals surface area contributed by atoms with E-state index in [0.29, 0.717) is 5.56 Å². The number of hydrogen-bond acceptors (Lipinski definition) is 4. The summed E-state index contributed by atoms with van der Waals surface area (Å²) >= 11 is 0. The molecular formula is C23H26N2O2. The summed E-state index contributed by atoms with van der Waals surface area (Å²) in [6.45, 7) is 7.67. The third-order valence-electron chi connectivity index (χ3n) is 5.20. The smallest absolute Gasteiger partial charge is 0.187 e. The molecule has 0 spiro atoms. The van der Waals surface area contributed by atoms with Crippen molar-refractivity contribution in [2.75, 3.05) is 31.2 Å². The summed E-state index contributed by atoms with van der Waals surface area (Å²) in [5, 5.41) is 3.58. The maximum atomic E-state index is 12.8. The molecule has 140 valence electrons. The molecule has 2 aromatic carbocycles. The lowest BCUT2D eigenvalue weighted by atomic mass is 9.85. The normalized spacial score (nSPS) is 20.1. The van der Waals surface area contributed by atoms with Crippen LogP contribution in [-0.2, 0) is 11.2 Å². The quantitative estimate of drug-likeness (QED) is 0.668. The third kappa shape index (κ3) is 3.91. The van der Waals surface area contributed by atoms with Crippen LogP contribution in [0.5, 0.6) is 0 Å². The maximum absolute atomic E-state index is 12.8. The zero-order chi connectivity index (χ0) is 18.9. The Kier molecular flexibility index (Phi) is 4.75. The molecule has 0 atom stereocenters. The molecule has 4 heteroatoms. The van der Waals surface area contributed by atoms with Crippen molar-refractivity contribution in [1.29, 1.82) is 0 Å². The van der Waals surface area contributed by atoms with E-state index in [0.717, 1.165) is 44.0 Å². The van der Waals surface area contributed by atoms with Crippen LogP contribution in [0.1, 0.15) is 35.3 Å².